The zero-order chi connectivity index (χ0) is 20.5. The van der Waals surface area contributed by atoms with Crippen LogP contribution in [0.5, 0.6) is 0 Å². The molecular formula is C16H18N4O6S. The average Bonchev–Trinajstić information content (AvgIpc) is 3.13. The maximum atomic E-state index is 12.6. The summed E-state index contributed by atoms with van der Waals surface area (Å²) in [6, 6.07) is 0. The molecule has 0 atom stereocenters. The van der Waals surface area contributed by atoms with Gasteiger partial charge in [0.15, 0.2) is 5.69 Å². The van der Waals surface area contributed by atoms with Crippen molar-refractivity contribution >= 4 is 40.1 Å². The number of aromatic carboxylic acids is 1. The highest BCUT2D eigenvalue weighted by molar-refractivity contribution is 7.18. The van der Waals surface area contributed by atoms with Gasteiger partial charge in [-0.15, -0.1) is 11.3 Å². The Labute approximate surface area is 158 Å². The van der Waals surface area contributed by atoms with Crippen LogP contribution in [0, 0.1) is 6.92 Å². The van der Waals surface area contributed by atoms with Crippen molar-refractivity contribution in [3.63, 3.8) is 0 Å². The fourth-order valence-corrected chi connectivity index (χ4v) is 3.60. The van der Waals surface area contributed by atoms with Gasteiger partial charge in [-0.1, -0.05) is 0 Å². The van der Waals surface area contributed by atoms with Crippen molar-refractivity contribution in [3.05, 3.63) is 33.5 Å². The molecule has 0 aliphatic rings. The molecule has 0 unspecified atom stereocenters. The molecule has 11 heteroatoms. The Kier molecular flexibility index (Phi) is 5.64. The van der Waals surface area contributed by atoms with Gasteiger partial charge in [-0.2, -0.15) is 5.10 Å². The molecule has 0 aromatic carbocycles. The molecule has 0 aliphatic heterocycles. The molecule has 2 rings (SSSR count). The summed E-state index contributed by atoms with van der Waals surface area (Å²) in [6.45, 7) is 1.57. The van der Waals surface area contributed by atoms with E-state index < -0.39 is 17.8 Å². The summed E-state index contributed by atoms with van der Waals surface area (Å²) in [4.78, 5) is 50.0. The Morgan fingerprint density at radius 2 is 1.93 bits per heavy atom. The van der Waals surface area contributed by atoms with Crippen LogP contribution < -0.4 is 5.32 Å². The fourth-order valence-electron chi connectivity index (χ4n) is 2.38. The van der Waals surface area contributed by atoms with E-state index in [1.54, 1.807) is 21.0 Å². The van der Waals surface area contributed by atoms with E-state index in [0.29, 0.717) is 5.56 Å². The van der Waals surface area contributed by atoms with Crippen molar-refractivity contribution in [3.8, 4) is 0 Å². The van der Waals surface area contributed by atoms with Gasteiger partial charge in [-0.25, -0.2) is 9.59 Å². The molecule has 27 heavy (non-hydrogen) atoms. The molecule has 144 valence electrons. The lowest BCUT2D eigenvalue weighted by atomic mass is 10.1. The maximum absolute atomic E-state index is 12.6. The van der Waals surface area contributed by atoms with Gasteiger partial charge in [-0.3, -0.25) is 14.3 Å². The van der Waals surface area contributed by atoms with Gasteiger partial charge in [-0.05, 0) is 12.5 Å². The second-order valence-electron chi connectivity index (χ2n) is 5.74. The first-order chi connectivity index (χ1) is 12.6. The van der Waals surface area contributed by atoms with Crippen molar-refractivity contribution in [2.24, 2.45) is 7.05 Å². The van der Waals surface area contributed by atoms with Crippen molar-refractivity contribution in [2.75, 3.05) is 26.5 Å². The highest BCUT2D eigenvalue weighted by Crippen LogP contribution is 2.34. The number of carbonyl (C=O) groups excluding carboxylic acids is 3. The quantitative estimate of drug-likeness (QED) is 0.729. The molecule has 0 aliphatic carbocycles. The van der Waals surface area contributed by atoms with Crippen LogP contribution in [0.2, 0.25) is 0 Å². The van der Waals surface area contributed by atoms with Crippen LogP contribution in [0.15, 0.2) is 6.20 Å². The van der Waals surface area contributed by atoms with E-state index in [2.05, 4.69) is 10.4 Å². The van der Waals surface area contributed by atoms with E-state index in [1.807, 2.05) is 0 Å². The molecule has 10 nitrogen and oxygen atoms in total. The van der Waals surface area contributed by atoms with Crippen LogP contribution in [0.25, 0.3) is 0 Å². The summed E-state index contributed by atoms with van der Waals surface area (Å²) in [7, 11) is 5.70. The van der Waals surface area contributed by atoms with Crippen molar-refractivity contribution in [1.29, 1.82) is 0 Å². The molecule has 2 aromatic heterocycles. The SMILES string of the molecule is COC(=O)c1c(NC(=O)c2cnn(C)c2C(=O)O)sc(C(=O)N(C)C)c1C. The number of ether oxygens (including phenoxy) is 1. The number of thiophene rings is 1. The number of carbonyl (C=O) groups is 4. The van der Waals surface area contributed by atoms with Gasteiger partial charge in [0, 0.05) is 21.1 Å². The summed E-state index contributed by atoms with van der Waals surface area (Å²) in [5.74, 6) is -3.15. The first kappa shape index (κ1) is 20.1. The number of nitrogens with zero attached hydrogens (tertiary/aromatic N) is 3. The Hall–Kier alpha value is -3.21. The predicted octanol–water partition coefficient (Wildman–Crippen LogP) is 1.23. The molecule has 0 saturated carbocycles. The van der Waals surface area contributed by atoms with Gasteiger partial charge in [0.2, 0.25) is 0 Å². The molecule has 0 saturated heterocycles. The number of esters is 1. The Morgan fingerprint density at radius 3 is 2.44 bits per heavy atom. The zero-order valence-electron chi connectivity index (χ0n) is 15.3. The third kappa shape index (κ3) is 3.67. The fraction of sp³-hybridized carbons (Fsp3) is 0.312. The number of carboxylic acid groups (broad SMARTS) is 1. The van der Waals surface area contributed by atoms with Crippen LogP contribution in [0.1, 0.15) is 46.4 Å². The monoisotopic (exact) mass is 394 g/mol. The topological polar surface area (TPSA) is 131 Å². The third-order valence-electron chi connectivity index (χ3n) is 3.75. The van der Waals surface area contributed by atoms with Gasteiger partial charge in [0.05, 0.1) is 29.3 Å². The summed E-state index contributed by atoms with van der Waals surface area (Å²) < 4.78 is 5.80. The highest BCUT2D eigenvalue weighted by Gasteiger charge is 2.29. The van der Waals surface area contributed by atoms with Crippen molar-refractivity contribution in [2.45, 2.75) is 6.92 Å². The molecule has 0 spiro atoms. The highest BCUT2D eigenvalue weighted by atomic mass is 32.1. The van der Waals surface area contributed by atoms with E-state index in [4.69, 9.17) is 4.74 Å². The van der Waals surface area contributed by atoms with Crippen molar-refractivity contribution < 1.29 is 29.0 Å². The van der Waals surface area contributed by atoms with Crippen LogP contribution in [0.4, 0.5) is 5.00 Å². The minimum atomic E-state index is -1.32. The minimum absolute atomic E-state index is 0.0433. The van der Waals surface area contributed by atoms with Crippen LogP contribution >= 0.6 is 11.3 Å². The molecule has 2 aromatic rings. The van der Waals surface area contributed by atoms with Crippen LogP contribution in [-0.4, -0.2) is 64.7 Å². The molecule has 0 fully saturated rings. The number of nitrogens with one attached hydrogen (secondary N) is 1. The second kappa shape index (κ2) is 7.58. The van der Waals surface area contributed by atoms with E-state index in [0.717, 1.165) is 22.2 Å². The number of anilines is 1. The number of hydrogen-bond donors (Lipinski definition) is 2. The number of rotatable bonds is 5. The van der Waals surface area contributed by atoms with E-state index in [1.165, 1.54) is 19.1 Å². The molecule has 2 N–H and O–H groups in total. The van der Waals surface area contributed by atoms with Gasteiger partial charge >= 0.3 is 11.9 Å². The van der Waals surface area contributed by atoms with E-state index >= 15 is 0 Å². The summed E-state index contributed by atoms with van der Waals surface area (Å²) in [5, 5.41) is 15.6. The summed E-state index contributed by atoms with van der Waals surface area (Å²) >= 11 is 0.912. The number of methoxy groups -OCH3 is 1. The number of aryl methyl sites for hydroxylation is 1. The molecular weight excluding hydrogens is 376 g/mol. The minimum Gasteiger partial charge on any atom is -0.477 e. The lowest BCUT2D eigenvalue weighted by molar-refractivity contribution is 0.0600. The number of aromatic nitrogens is 2. The Bertz CT molecular complexity index is 943. The Morgan fingerprint density at radius 1 is 1.30 bits per heavy atom. The maximum Gasteiger partial charge on any atom is 0.354 e. The number of amides is 2. The van der Waals surface area contributed by atoms with E-state index in [-0.39, 0.29) is 32.6 Å². The van der Waals surface area contributed by atoms with E-state index in [9.17, 15) is 24.3 Å². The molecule has 0 bridgehead atoms. The lowest BCUT2D eigenvalue weighted by Gasteiger charge is -2.08. The van der Waals surface area contributed by atoms with Crippen molar-refractivity contribution in [1.82, 2.24) is 14.7 Å². The Balaban J connectivity index is 2.51. The molecule has 2 amide bonds. The van der Waals surface area contributed by atoms with Gasteiger partial charge in [0.25, 0.3) is 11.8 Å². The summed E-state index contributed by atoms with van der Waals surface area (Å²) in [5.41, 5.74) is -0.0651. The lowest BCUT2D eigenvalue weighted by Crippen LogP contribution is -2.21. The third-order valence-corrected chi connectivity index (χ3v) is 4.94. The molecule has 2 heterocycles. The first-order valence-corrected chi connectivity index (χ1v) is 8.41. The normalized spacial score (nSPS) is 10.4. The summed E-state index contributed by atoms with van der Waals surface area (Å²) in [6.07, 6.45) is 1.11. The second-order valence-corrected chi connectivity index (χ2v) is 6.76. The van der Waals surface area contributed by atoms with Gasteiger partial charge in [0.1, 0.15) is 5.00 Å². The van der Waals surface area contributed by atoms with Gasteiger partial charge < -0.3 is 20.1 Å². The van der Waals surface area contributed by atoms with Crippen LogP contribution in [-0.2, 0) is 11.8 Å². The zero-order valence-corrected chi connectivity index (χ0v) is 16.1. The standard InChI is InChI=1S/C16H18N4O6S/c1-7-9(16(25)26-5)13(27-11(7)14(22)19(2)3)18-12(21)8-6-17-20(4)10(8)15(23)24/h6H,1-5H3,(H,18,21)(H,23,24). The first-order valence-electron chi connectivity index (χ1n) is 7.60. The number of hydrogen-bond acceptors (Lipinski definition) is 7. The predicted molar refractivity (Wildman–Crippen MR) is 96.5 cm³/mol. The number of carboxylic acids is 1. The largest absolute Gasteiger partial charge is 0.477 e. The average molecular weight is 394 g/mol. The van der Waals surface area contributed by atoms with Crippen LogP contribution in [0.3, 0.4) is 0 Å². The smallest absolute Gasteiger partial charge is 0.354 e. The molecule has 0 radical (unpaired) electrons.